The van der Waals surface area contributed by atoms with Crippen molar-refractivity contribution in [1.82, 2.24) is 0 Å². The molecule has 0 fully saturated rings. The van der Waals surface area contributed by atoms with Crippen LogP contribution in [0.5, 0.6) is 11.5 Å². The molecule has 0 aliphatic carbocycles. The highest BCUT2D eigenvalue weighted by Gasteiger charge is 2.26. The van der Waals surface area contributed by atoms with Crippen LogP contribution in [0.3, 0.4) is 0 Å². The number of aldehydes is 1. The van der Waals surface area contributed by atoms with Crippen LogP contribution in [-0.2, 0) is 5.41 Å². The predicted octanol–water partition coefficient (Wildman–Crippen LogP) is 2.53. The van der Waals surface area contributed by atoms with Crippen molar-refractivity contribution in [2.45, 2.75) is 26.2 Å². The molecule has 1 aliphatic rings. The Morgan fingerprint density at radius 2 is 2.00 bits per heavy atom. The SMILES string of the molecule is CC(C)(C)c1cc(C=O)cc2c1OCO2. The standard InChI is InChI=1S/C12H14O3/c1-12(2,3)9-4-8(6-13)5-10-11(9)15-7-14-10/h4-6H,7H2,1-3H3. The van der Waals surface area contributed by atoms with Crippen LogP contribution >= 0.6 is 0 Å². The van der Waals surface area contributed by atoms with Gasteiger partial charge in [-0.25, -0.2) is 0 Å². The first-order valence-corrected chi connectivity index (χ1v) is 4.91. The van der Waals surface area contributed by atoms with E-state index in [4.69, 9.17) is 9.47 Å². The van der Waals surface area contributed by atoms with Crippen LogP contribution in [0.4, 0.5) is 0 Å². The molecular weight excluding hydrogens is 192 g/mol. The normalized spacial score (nSPS) is 14.1. The van der Waals surface area contributed by atoms with Crippen LogP contribution in [0, 0.1) is 0 Å². The lowest BCUT2D eigenvalue weighted by molar-refractivity contribution is 0.112. The van der Waals surface area contributed by atoms with E-state index in [9.17, 15) is 4.79 Å². The minimum Gasteiger partial charge on any atom is -0.454 e. The molecule has 3 heteroatoms. The Hall–Kier alpha value is -1.51. The van der Waals surface area contributed by atoms with Crippen molar-refractivity contribution in [1.29, 1.82) is 0 Å². The lowest BCUT2D eigenvalue weighted by atomic mass is 9.85. The Bertz CT molecular complexity index is 402. The molecule has 0 atom stereocenters. The van der Waals surface area contributed by atoms with Crippen molar-refractivity contribution >= 4 is 6.29 Å². The molecule has 0 radical (unpaired) electrons. The van der Waals surface area contributed by atoms with E-state index in [1.807, 2.05) is 6.07 Å². The molecule has 0 N–H and O–H groups in total. The second-order valence-electron chi connectivity index (χ2n) is 4.67. The van der Waals surface area contributed by atoms with Crippen molar-refractivity contribution in [3.8, 4) is 11.5 Å². The quantitative estimate of drug-likeness (QED) is 0.662. The summed E-state index contributed by atoms with van der Waals surface area (Å²) >= 11 is 0. The Kier molecular flexibility index (Phi) is 2.18. The monoisotopic (exact) mass is 206 g/mol. The molecule has 0 bridgehead atoms. The third-order valence-electron chi connectivity index (χ3n) is 2.44. The van der Waals surface area contributed by atoms with E-state index in [0.717, 1.165) is 17.6 Å². The summed E-state index contributed by atoms with van der Waals surface area (Å²) < 4.78 is 10.7. The van der Waals surface area contributed by atoms with Gasteiger partial charge >= 0.3 is 0 Å². The Labute approximate surface area is 89.0 Å². The third-order valence-corrected chi connectivity index (χ3v) is 2.44. The first-order valence-electron chi connectivity index (χ1n) is 4.91. The third kappa shape index (κ3) is 1.69. The van der Waals surface area contributed by atoms with E-state index in [-0.39, 0.29) is 12.2 Å². The summed E-state index contributed by atoms with van der Waals surface area (Å²) in [5, 5.41) is 0. The smallest absolute Gasteiger partial charge is 0.231 e. The van der Waals surface area contributed by atoms with Gasteiger partial charge in [0.05, 0.1) is 0 Å². The van der Waals surface area contributed by atoms with Crippen LogP contribution in [-0.4, -0.2) is 13.1 Å². The number of hydrogen-bond acceptors (Lipinski definition) is 3. The second kappa shape index (κ2) is 3.26. The summed E-state index contributed by atoms with van der Waals surface area (Å²) in [6, 6.07) is 3.57. The molecule has 15 heavy (non-hydrogen) atoms. The highest BCUT2D eigenvalue weighted by molar-refractivity contribution is 5.78. The molecule has 2 rings (SSSR count). The summed E-state index contributed by atoms with van der Waals surface area (Å²) in [6.45, 7) is 6.48. The van der Waals surface area contributed by atoms with E-state index in [2.05, 4.69) is 20.8 Å². The number of ether oxygens (including phenoxy) is 2. The fraction of sp³-hybridized carbons (Fsp3) is 0.417. The topological polar surface area (TPSA) is 35.5 Å². The zero-order valence-corrected chi connectivity index (χ0v) is 9.16. The van der Waals surface area contributed by atoms with Gasteiger partial charge in [-0.2, -0.15) is 0 Å². The fourth-order valence-corrected chi connectivity index (χ4v) is 1.66. The predicted molar refractivity (Wildman–Crippen MR) is 56.7 cm³/mol. The molecule has 0 amide bonds. The summed E-state index contributed by atoms with van der Waals surface area (Å²) in [7, 11) is 0. The van der Waals surface area contributed by atoms with Gasteiger partial charge in [0.15, 0.2) is 11.5 Å². The second-order valence-corrected chi connectivity index (χ2v) is 4.67. The maximum absolute atomic E-state index is 10.8. The first kappa shape index (κ1) is 10.0. The average molecular weight is 206 g/mol. The van der Waals surface area contributed by atoms with Gasteiger partial charge in [-0.3, -0.25) is 4.79 Å². The molecule has 1 aliphatic heterocycles. The van der Waals surface area contributed by atoms with Crippen molar-refractivity contribution in [2.24, 2.45) is 0 Å². The van der Waals surface area contributed by atoms with Gasteiger partial charge in [0.2, 0.25) is 6.79 Å². The van der Waals surface area contributed by atoms with Crippen molar-refractivity contribution < 1.29 is 14.3 Å². The molecule has 0 spiro atoms. The highest BCUT2D eigenvalue weighted by atomic mass is 16.7. The average Bonchev–Trinajstić information content (AvgIpc) is 2.61. The minimum atomic E-state index is -0.0587. The number of rotatable bonds is 1. The highest BCUT2D eigenvalue weighted by Crippen LogP contribution is 2.42. The summed E-state index contributed by atoms with van der Waals surface area (Å²) in [5.74, 6) is 1.44. The zero-order chi connectivity index (χ0) is 11.1. The van der Waals surface area contributed by atoms with Crippen molar-refractivity contribution in [2.75, 3.05) is 6.79 Å². The van der Waals surface area contributed by atoms with Crippen LogP contribution in [0.15, 0.2) is 12.1 Å². The molecule has 0 saturated heterocycles. The molecule has 1 aromatic carbocycles. The van der Waals surface area contributed by atoms with Gasteiger partial charge in [0.1, 0.15) is 6.29 Å². The van der Waals surface area contributed by atoms with Gasteiger partial charge < -0.3 is 9.47 Å². The van der Waals surface area contributed by atoms with Crippen LogP contribution in [0.2, 0.25) is 0 Å². The van der Waals surface area contributed by atoms with E-state index in [1.54, 1.807) is 6.07 Å². The lowest BCUT2D eigenvalue weighted by Crippen LogP contribution is -2.12. The maximum atomic E-state index is 10.8. The van der Waals surface area contributed by atoms with Crippen LogP contribution < -0.4 is 9.47 Å². The number of fused-ring (bicyclic) bond motifs is 1. The van der Waals surface area contributed by atoms with E-state index in [1.165, 1.54) is 0 Å². The Morgan fingerprint density at radius 1 is 1.27 bits per heavy atom. The Balaban J connectivity index is 2.62. The van der Waals surface area contributed by atoms with Gasteiger partial charge in [0, 0.05) is 11.1 Å². The summed E-state index contributed by atoms with van der Waals surface area (Å²) in [5.41, 5.74) is 1.58. The molecule has 1 aromatic rings. The molecule has 0 unspecified atom stereocenters. The molecule has 3 nitrogen and oxygen atoms in total. The largest absolute Gasteiger partial charge is 0.454 e. The molecule has 0 saturated carbocycles. The number of carbonyl (C=O) groups is 1. The van der Waals surface area contributed by atoms with Gasteiger partial charge in [-0.05, 0) is 17.5 Å². The number of hydrogen-bond donors (Lipinski definition) is 0. The fourth-order valence-electron chi connectivity index (χ4n) is 1.66. The minimum absolute atomic E-state index is 0.0587. The molecular formula is C12H14O3. The van der Waals surface area contributed by atoms with Crippen molar-refractivity contribution in [3.63, 3.8) is 0 Å². The Morgan fingerprint density at radius 3 is 2.60 bits per heavy atom. The van der Waals surface area contributed by atoms with Gasteiger partial charge in [-0.1, -0.05) is 20.8 Å². The lowest BCUT2D eigenvalue weighted by Gasteiger charge is -2.21. The van der Waals surface area contributed by atoms with Crippen molar-refractivity contribution in [3.05, 3.63) is 23.3 Å². The molecule has 1 heterocycles. The van der Waals surface area contributed by atoms with Crippen LogP contribution in [0.25, 0.3) is 0 Å². The summed E-state index contributed by atoms with van der Waals surface area (Å²) in [4.78, 5) is 10.8. The first-order chi connectivity index (χ1) is 7.02. The summed E-state index contributed by atoms with van der Waals surface area (Å²) in [6.07, 6.45) is 0.831. The van der Waals surface area contributed by atoms with E-state index >= 15 is 0 Å². The van der Waals surface area contributed by atoms with E-state index in [0.29, 0.717) is 11.3 Å². The van der Waals surface area contributed by atoms with Crippen LogP contribution in [0.1, 0.15) is 36.7 Å². The number of benzene rings is 1. The zero-order valence-electron chi connectivity index (χ0n) is 9.16. The van der Waals surface area contributed by atoms with Gasteiger partial charge in [0.25, 0.3) is 0 Å². The number of carbonyl (C=O) groups excluding carboxylic acids is 1. The molecule has 0 aromatic heterocycles. The van der Waals surface area contributed by atoms with Gasteiger partial charge in [-0.15, -0.1) is 0 Å². The molecule has 80 valence electrons. The van der Waals surface area contributed by atoms with E-state index < -0.39 is 0 Å². The maximum Gasteiger partial charge on any atom is 0.231 e.